The molecule has 0 saturated carbocycles. The average molecular weight is 369 g/mol. The van der Waals surface area contributed by atoms with Crippen LogP contribution in [-0.2, 0) is 13.6 Å². The summed E-state index contributed by atoms with van der Waals surface area (Å²) in [5.74, 6) is 0.675. The molecule has 0 bridgehead atoms. The lowest BCUT2D eigenvalue weighted by molar-refractivity contribution is 0.205. The van der Waals surface area contributed by atoms with Crippen molar-refractivity contribution in [3.8, 4) is 0 Å². The van der Waals surface area contributed by atoms with Gasteiger partial charge in [0.25, 0.3) is 0 Å². The number of aryl methyl sites for hydroxylation is 1. The number of benzene rings is 1. The zero-order valence-electron chi connectivity index (χ0n) is 15.0. The topological polar surface area (TPSA) is 44.5 Å². The van der Waals surface area contributed by atoms with Gasteiger partial charge >= 0.3 is 0 Å². The third-order valence-corrected chi connectivity index (χ3v) is 5.87. The van der Waals surface area contributed by atoms with Gasteiger partial charge in [-0.1, -0.05) is 24.3 Å². The number of aromatic nitrogens is 2. The minimum atomic E-state index is -0.713. The predicted octanol–water partition coefficient (Wildman–Crippen LogP) is 2.89. The molecule has 1 atom stereocenters. The molecule has 26 heavy (non-hydrogen) atoms. The first-order valence-electron chi connectivity index (χ1n) is 8.96. The lowest BCUT2D eigenvalue weighted by Gasteiger charge is -2.37. The molecule has 5 nitrogen and oxygen atoms in total. The number of imidazole rings is 1. The summed E-state index contributed by atoms with van der Waals surface area (Å²) in [6.07, 6.45) is 2.88. The van der Waals surface area contributed by atoms with Crippen molar-refractivity contribution in [1.29, 1.82) is 0 Å². The summed E-state index contributed by atoms with van der Waals surface area (Å²) in [5, 5.41) is 13.0. The molecule has 0 aliphatic carbocycles. The van der Waals surface area contributed by atoms with Crippen LogP contribution in [0.4, 0.5) is 5.69 Å². The molecule has 2 aromatic heterocycles. The van der Waals surface area contributed by atoms with Gasteiger partial charge in [-0.2, -0.15) is 0 Å². The SMILES string of the molecule is Cn1ccnc1[C@@H](O)c1ccccc1N1CCN(Cc2cccs2)CC1. The van der Waals surface area contributed by atoms with E-state index in [-0.39, 0.29) is 0 Å². The fourth-order valence-electron chi connectivity index (χ4n) is 3.56. The largest absolute Gasteiger partial charge is 0.380 e. The van der Waals surface area contributed by atoms with Crippen molar-refractivity contribution in [2.75, 3.05) is 31.1 Å². The number of para-hydroxylation sites is 1. The summed E-state index contributed by atoms with van der Waals surface area (Å²) in [7, 11) is 1.91. The maximum absolute atomic E-state index is 10.9. The highest BCUT2D eigenvalue weighted by Crippen LogP contribution is 2.30. The van der Waals surface area contributed by atoms with E-state index in [0.29, 0.717) is 5.82 Å². The van der Waals surface area contributed by atoms with Crippen LogP contribution in [-0.4, -0.2) is 45.7 Å². The van der Waals surface area contributed by atoms with E-state index in [1.54, 1.807) is 6.20 Å². The highest BCUT2D eigenvalue weighted by molar-refractivity contribution is 7.09. The number of rotatable bonds is 5. The molecular formula is C20H24N4OS. The second-order valence-corrected chi connectivity index (χ2v) is 7.73. The van der Waals surface area contributed by atoms with Gasteiger partial charge in [0.15, 0.2) is 0 Å². The van der Waals surface area contributed by atoms with Crippen molar-refractivity contribution in [1.82, 2.24) is 14.5 Å². The van der Waals surface area contributed by atoms with Gasteiger partial charge in [-0.15, -0.1) is 11.3 Å². The average Bonchev–Trinajstić information content (AvgIpc) is 3.33. The van der Waals surface area contributed by atoms with Crippen LogP contribution in [0.2, 0.25) is 0 Å². The third kappa shape index (κ3) is 3.53. The maximum atomic E-state index is 10.9. The number of thiophene rings is 1. The summed E-state index contributed by atoms with van der Waals surface area (Å²) in [6.45, 7) is 5.03. The molecule has 0 radical (unpaired) electrons. The van der Waals surface area contributed by atoms with E-state index >= 15 is 0 Å². The minimum absolute atomic E-state index is 0.675. The van der Waals surface area contributed by atoms with Crippen molar-refractivity contribution >= 4 is 17.0 Å². The Bertz CT molecular complexity index is 837. The fraction of sp³-hybridized carbons (Fsp3) is 0.350. The third-order valence-electron chi connectivity index (χ3n) is 5.01. The molecule has 0 amide bonds. The normalized spacial score (nSPS) is 16.8. The van der Waals surface area contributed by atoms with E-state index < -0.39 is 6.10 Å². The van der Waals surface area contributed by atoms with E-state index in [1.807, 2.05) is 47.3 Å². The van der Waals surface area contributed by atoms with Gasteiger partial charge in [0.05, 0.1) is 0 Å². The molecule has 1 fully saturated rings. The second-order valence-electron chi connectivity index (χ2n) is 6.70. The van der Waals surface area contributed by atoms with Crippen LogP contribution < -0.4 is 4.90 Å². The smallest absolute Gasteiger partial charge is 0.142 e. The molecule has 6 heteroatoms. The van der Waals surface area contributed by atoms with Crippen molar-refractivity contribution in [2.45, 2.75) is 12.6 Å². The van der Waals surface area contributed by atoms with Crippen molar-refractivity contribution < 1.29 is 5.11 Å². The number of nitrogens with zero attached hydrogens (tertiary/aromatic N) is 4. The number of hydrogen-bond acceptors (Lipinski definition) is 5. The van der Waals surface area contributed by atoms with Gasteiger partial charge in [0, 0.05) is 68.3 Å². The fourth-order valence-corrected chi connectivity index (χ4v) is 4.30. The molecular weight excluding hydrogens is 344 g/mol. The van der Waals surface area contributed by atoms with Crippen LogP contribution >= 0.6 is 11.3 Å². The zero-order chi connectivity index (χ0) is 17.9. The Kier molecular flexibility index (Phi) is 5.06. The Hall–Kier alpha value is -2.15. The van der Waals surface area contributed by atoms with E-state index in [4.69, 9.17) is 0 Å². The number of aliphatic hydroxyl groups excluding tert-OH is 1. The Labute approximate surface area is 158 Å². The van der Waals surface area contributed by atoms with Gasteiger partial charge in [0.1, 0.15) is 11.9 Å². The Balaban J connectivity index is 1.48. The summed E-state index contributed by atoms with van der Waals surface area (Å²) in [4.78, 5) is 10.6. The predicted molar refractivity (Wildman–Crippen MR) is 106 cm³/mol. The monoisotopic (exact) mass is 368 g/mol. The first-order valence-corrected chi connectivity index (χ1v) is 9.84. The molecule has 4 rings (SSSR count). The van der Waals surface area contributed by atoms with Gasteiger partial charge < -0.3 is 14.6 Å². The van der Waals surface area contributed by atoms with Crippen LogP contribution in [0.25, 0.3) is 0 Å². The summed E-state index contributed by atoms with van der Waals surface area (Å²) < 4.78 is 1.88. The lowest BCUT2D eigenvalue weighted by Crippen LogP contribution is -2.46. The van der Waals surface area contributed by atoms with Crippen LogP contribution in [0.5, 0.6) is 0 Å². The zero-order valence-corrected chi connectivity index (χ0v) is 15.8. The van der Waals surface area contributed by atoms with E-state index in [0.717, 1.165) is 44.0 Å². The highest BCUT2D eigenvalue weighted by Gasteiger charge is 2.24. The van der Waals surface area contributed by atoms with Crippen LogP contribution in [0, 0.1) is 0 Å². The molecule has 0 spiro atoms. The molecule has 1 aliphatic heterocycles. The number of hydrogen-bond donors (Lipinski definition) is 1. The first-order chi connectivity index (χ1) is 12.7. The van der Waals surface area contributed by atoms with Crippen LogP contribution in [0.1, 0.15) is 22.4 Å². The van der Waals surface area contributed by atoms with Crippen LogP contribution in [0.3, 0.4) is 0 Å². The molecule has 1 aliphatic rings. The standard InChI is InChI=1S/C20H24N4OS/c1-22-9-8-21-20(22)19(25)17-6-2-3-7-18(17)24-12-10-23(11-13-24)15-16-5-4-14-26-16/h2-9,14,19,25H,10-13,15H2,1H3/t19-/m0/s1. The van der Waals surface area contributed by atoms with E-state index in [2.05, 4.69) is 38.4 Å². The Morgan fingerprint density at radius 3 is 2.62 bits per heavy atom. The molecule has 1 saturated heterocycles. The highest BCUT2D eigenvalue weighted by atomic mass is 32.1. The molecule has 3 heterocycles. The number of anilines is 1. The number of aliphatic hydroxyl groups is 1. The molecule has 136 valence electrons. The van der Waals surface area contributed by atoms with E-state index in [1.165, 1.54) is 4.88 Å². The van der Waals surface area contributed by atoms with Gasteiger partial charge in [-0.25, -0.2) is 4.98 Å². The molecule has 1 aromatic carbocycles. The van der Waals surface area contributed by atoms with Crippen molar-refractivity contribution in [3.63, 3.8) is 0 Å². The van der Waals surface area contributed by atoms with E-state index in [9.17, 15) is 5.11 Å². The Morgan fingerprint density at radius 1 is 1.12 bits per heavy atom. The second kappa shape index (κ2) is 7.61. The van der Waals surface area contributed by atoms with Crippen LogP contribution in [0.15, 0.2) is 54.2 Å². The van der Waals surface area contributed by atoms with Crippen molar-refractivity contribution in [3.05, 3.63) is 70.4 Å². The Morgan fingerprint density at radius 2 is 1.92 bits per heavy atom. The van der Waals surface area contributed by atoms with Gasteiger partial charge in [0.2, 0.25) is 0 Å². The summed E-state index contributed by atoms with van der Waals surface area (Å²) >= 11 is 1.82. The molecule has 3 aromatic rings. The molecule has 1 N–H and O–H groups in total. The van der Waals surface area contributed by atoms with Crippen molar-refractivity contribution in [2.24, 2.45) is 7.05 Å². The van der Waals surface area contributed by atoms with Gasteiger partial charge in [-0.3, -0.25) is 4.90 Å². The maximum Gasteiger partial charge on any atom is 0.142 e. The van der Waals surface area contributed by atoms with Gasteiger partial charge in [-0.05, 0) is 17.5 Å². The summed E-state index contributed by atoms with van der Waals surface area (Å²) in [6, 6.07) is 12.5. The summed E-state index contributed by atoms with van der Waals surface area (Å²) in [5.41, 5.74) is 2.03. The number of piperazine rings is 1. The lowest BCUT2D eigenvalue weighted by atomic mass is 10.0. The minimum Gasteiger partial charge on any atom is -0.380 e. The first kappa shape index (κ1) is 17.3. The quantitative estimate of drug-likeness (QED) is 0.752. The molecule has 0 unspecified atom stereocenters.